The van der Waals surface area contributed by atoms with Crippen molar-refractivity contribution in [2.24, 2.45) is 0 Å². The lowest BCUT2D eigenvalue weighted by molar-refractivity contribution is 0.0721. The van der Waals surface area contributed by atoms with E-state index in [2.05, 4.69) is 40.3 Å². The summed E-state index contributed by atoms with van der Waals surface area (Å²) in [5.41, 5.74) is 2.25. The lowest BCUT2D eigenvalue weighted by atomic mass is 10.2. The zero-order valence-corrected chi connectivity index (χ0v) is 12.1. The van der Waals surface area contributed by atoms with E-state index in [0.717, 1.165) is 44.2 Å². The average molecular weight is 263 g/mol. The summed E-state index contributed by atoms with van der Waals surface area (Å²) in [7, 11) is 1.95. The number of likely N-dealkylation sites (N-methyl/N-ethyl adjacent to an activating group) is 1. The van der Waals surface area contributed by atoms with Crippen molar-refractivity contribution in [1.82, 2.24) is 15.2 Å². The molecular weight excluding hydrogens is 238 g/mol. The van der Waals surface area contributed by atoms with Gasteiger partial charge in [0.15, 0.2) is 0 Å². The molecular formula is C15H25N3O. The number of rotatable bonds is 7. The van der Waals surface area contributed by atoms with Crippen molar-refractivity contribution in [3.63, 3.8) is 0 Å². The molecule has 2 rings (SSSR count). The first-order valence-corrected chi connectivity index (χ1v) is 7.25. The topological polar surface area (TPSA) is 37.4 Å². The molecule has 1 N–H and O–H groups in total. The van der Waals surface area contributed by atoms with Crippen LogP contribution in [0.2, 0.25) is 0 Å². The van der Waals surface area contributed by atoms with E-state index in [0.29, 0.717) is 6.10 Å². The molecule has 0 aromatic carbocycles. The lowest BCUT2D eigenvalue weighted by Crippen LogP contribution is -2.32. The molecule has 2 heterocycles. The summed E-state index contributed by atoms with van der Waals surface area (Å²) in [5.74, 6) is 0. The molecule has 0 amide bonds. The number of hydrogen-bond acceptors (Lipinski definition) is 4. The molecule has 1 aromatic heterocycles. The van der Waals surface area contributed by atoms with E-state index in [1.165, 1.54) is 12.8 Å². The predicted molar refractivity (Wildman–Crippen MR) is 76.9 cm³/mol. The van der Waals surface area contributed by atoms with Crippen molar-refractivity contribution < 1.29 is 4.74 Å². The van der Waals surface area contributed by atoms with Crippen LogP contribution in [-0.4, -0.2) is 42.7 Å². The molecule has 0 radical (unpaired) electrons. The van der Waals surface area contributed by atoms with E-state index in [-0.39, 0.29) is 0 Å². The van der Waals surface area contributed by atoms with Crippen LogP contribution in [0.5, 0.6) is 0 Å². The van der Waals surface area contributed by atoms with Gasteiger partial charge >= 0.3 is 0 Å². The maximum absolute atomic E-state index is 5.71. The lowest BCUT2D eigenvalue weighted by Gasteiger charge is -2.23. The summed E-state index contributed by atoms with van der Waals surface area (Å²) < 4.78 is 5.71. The van der Waals surface area contributed by atoms with Crippen LogP contribution in [-0.2, 0) is 17.8 Å². The van der Waals surface area contributed by atoms with E-state index >= 15 is 0 Å². The number of nitrogens with zero attached hydrogens (tertiary/aromatic N) is 2. The highest BCUT2D eigenvalue weighted by atomic mass is 16.5. The van der Waals surface area contributed by atoms with Crippen LogP contribution in [0.25, 0.3) is 0 Å². The minimum atomic E-state index is 0.417. The van der Waals surface area contributed by atoms with Gasteiger partial charge in [-0.05, 0) is 38.6 Å². The molecule has 1 aliphatic rings. The summed E-state index contributed by atoms with van der Waals surface area (Å²) >= 11 is 0. The molecule has 4 nitrogen and oxygen atoms in total. The zero-order chi connectivity index (χ0) is 13.5. The molecule has 4 heteroatoms. The van der Waals surface area contributed by atoms with E-state index in [9.17, 15) is 0 Å². The minimum absolute atomic E-state index is 0.417. The molecule has 1 saturated heterocycles. The van der Waals surface area contributed by atoms with Crippen molar-refractivity contribution >= 4 is 0 Å². The maximum Gasteiger partial charge on any atom is 0.0702 e. The van der Waals surface area contributed by atoms with Crippen LogP contribution in [0.4, 0.5) is 0 Å². The SMILES string of the molecule is CCN(Cc1cccc(CNC)n1)CC1CCCO1. The molecule has 0 spiro atoms. The van der Waals surface area contributed by atoms with Gasteiger partial charge in [-0.25, -0.2) is 0 Å². The average Bonchev–Trinajstić information content (AvgIpc) is 2.92. The van der Waals surface area contributed by atoms with Crippen LogP contribution in [0.15, 0.2) is 18.2 Å². The van der Waals surface area contributed by atoms with Gasteiger partial charge in [-0.1, -0.05) is 13.0 Å². The standard InChI is InChI=1S/C15H25N3O/c1-3-18(12-15-8-5-9-19-15)11-14-7-4-6-13(17-14)10-16-2/h4,6-7,15-16H,3,5,8-12H2,1-2H3. The second kappa shape index (κ2) is 7.58. The fraction of sp³-hybridized carbons (Fsp3) is 0.667. The summed E-state index contributed by atoms with van der Waals surface area (Å²) in [4.78, 5) is 7.10. The van der Waals surface area contributed by atoms with Crippen LogP contribution in [0.3, 0.4) is 0 Å². The molecule has 0 saturated carbocycles. The normalized spacial score (nSPS) is 19.2. The van der Waals surface area contributed by atoms with Crippen LogP contribution in [0, 0.1) is 0 Å². The molecule has 1 fully saturated rings. The van der Waals surface area contributed by atoms with Crippen molar-refractivity contribution in [3.8, 4) is 0 Å². The molecule has 19 heavy (non-hydrogen) atoms. The Balaban J connectivity index is 1.91. The molecule has 1 atom stereocenters. The van der Waals surface area contributed by atoms with Crippen LogP contribution >= 0.6 is 0 Å². The fourth-order valence-electron chi connectivity index (χ4n) is 2.51. The Bertz CT molecular complexity index is 377. The van der Waals surface area contributed by atoms with Gasteiger partial charge in [-0.2, -0.15) is 0 Å². The summed E-state index contributed by atoms with van der Waals surface area (Å²) in [6.07, 6.45) is 2.82. The van der Waals surface area contributed by atoms with Gasteiger partial charge in [0.1, 0.15) is 0 Å². The Labute approximate surface area is 116 Å². The first kappa shape index (κ1) is 14.4. The highest BCUT2D eigenvalue weighted by Gasteiger charge is 2.18. The van der Waals surface area contributed by atoms with Crippen molar-refractivity contribution in [2.75, 3.05) is 26.7 Å². The molecule has 1 aromatic rings. The van der Waals surface area contributed by atoms with Gasteiger partial charge in [0.2, 0.25) is 0 Å². The second-order valence-corrected chi connectivity index (χ2v) is 5.11. The monoisotopic (exact) mass is 263 g/mol. The molecule has 0 bridgehead atoms. The number of ether oxygens (including phenoxy) is 1. The molecule has 1 unspecified atom stereocenters. The third kappa shape index (κ3) is 4.56. The van der Waals surface area contributed by atoms with Crippen molar-refractivity contribution in [3.05, 3.63) is 29.6 Å². The number of nitrogens with one attached hydrogen (secondary N) is 1. The Morgan fingerprint density at radius 1 is 1.42 bits per heavy atom. The van der Waals surface area contributed by atoms with Gasteiger partial charge < -0.3 is 10.1 Å². The van der Waals surface area contributed by atoms with Gasteiger partial charge in [0.05, 0.1) is 17.5 Å². The van der Waals surface area contributed by atoms with Crippen molar-refractivity contribution in [2.45, 2.75) is 39.0 Å². The van der Waals surface area contributed by atoms with E-state index < -0.39 is 0 Å². The van der Waals surface area contributed by atoms with E-state index in [1.807, 2.05) is 7.05 Å². The maximum atomic E-state index is 5.71. The van der Waals surface area contributed by atoms with Gasteiger partial charge in [0.25, 0.3) is 0 Å². The Kier molecular flexibility index (Phi) is 5.76. The van der Waals surface area contributed by atoms with Crippen molar-refractivity contribution in [1.29, 1.82) is 0 Å². The fourth-order valence-corrected chi connectivity index (χ4v) is 2.51. The third-order valence-electron chi connectivity index (χ3n) is 3.54. The Hall–Kier alpha value is -0.970. The largest absolute Gasteiger partial charge is 0.377 e. The molecule has 1 aliphatic heterocycles. The summed E-state index contributed by atoms with van der Waals surface area (Å²) in [6.45, 7) is 6.93. The highest BCUT2D eigenvalue weighted by molar-refractivity contribution is 5.11. The smallest absolute Gasteiger partial charge is 0.0702 e. The third-order valence-corrected chi connectivity index (χ3v) is 3.54. The van der Waals surface area contributed by atoms with E-state index in [4.69, 9.17) is 4.74 Å². The van der Waals surface area contributed by atoms with E-state index in [1.54, 1.807) is 0 Å². The number of hydrogen-bond donors (Lipinski definition) is 1. The zero-order valence-electron chi connectivity index (χ0n) is 12.1. The number of aromatic nitrogens is 1. The number of pyridine rings is 1. The first-order valence-electron chi connectivity index (χ1n) is 7.25. The summed E-state index contributed by atoms with van der Waals surface area (Å²) in [6, 6.07) is 6.27. The van der Waals surface area contributed by atoms with Crippen LogP contribution < -0.4 is 5.32 Å². The molecule has 106 valence electrons. The Morgan fingerprint density at radius 3 is 2.95 bits per heavy atom. The van der Waals surface area contributed by atoms with Crippen LogP contribution in [0.1, 0.15) is 31.2 Å². The molecule has 0 aliphatic carbocycles. The minimum Gasteiger partial charge on any atom is -0.377 e. The highest BCUT2D eigenvalue weighted by Crippen LogP contribution is 2.14. The summed E-state index contributed by atoms with van der Waals surface area (Å²) in [5, 5.41) is 3.14. The van der Waals surface area contributed by atoms with Gasteiger partial charge in [-0.3, -0.25) is 9.88 Å². The van der Waals surface area contributed by atoms with Gasteiger partial charge in [-0.15, -0.1) is 0 Å². The quantitative estimate of drug-likeness (QED) is 0.814. The Morgan fingerprint density at radius 2 is 2.26 bits per heavy atom. The first-order chi connectivity index (χ1) is 9.31. The predicted octanol–water partition coefficient (Wildman–Crippen LogP) is 1.80. The second-order valence-electron chi connectivity index (χ2n) is 5.11. The van der Waals surface area contributed by atoms with Gasteiger partial charge in [0, 0.05) is 26.2 Å².